The van der Waals surface area contributed by atoms with Crippen LogP contribution in [0.15, 0.2) is 23.2 Å². The van der Waals surface area contributed by atoms with E-state index in [0.717, 1.165) is 17.2 Å². The number of hydrogen-bond acceptors (Lipinski definition) is 5. The van der Waals surface area contributed by atoms with Gasteiger partial charge >= 0.3 is 0 Å². The van der Waals surface area contributed by atoms with Crippen LogP contribution in [-0.2, 0) is 5.75 Å². The third kappa shape index (κ3) is 5.97. The standard InChI is InChI=1S/C12H17N5OS/c1-14-12(16-9-13)15-6-7-19-8-10-4-3-5-11(17-10)18-2/h3-5H,6-8H2,1-2H3,(H2,14,15,16). The van der Waals surface area contributed by atoms with E-state index in [-0.39, 0.29) is 0 Å². The Morgan fingerprint density at radius 3 is 3.11 bits per heavy atom. The molecule has 0 radical (unpaired) electrons. The van der Waals surface area contributed by atoms with Gasteiger partial charge in [0.1, 0.15) is 0 Å². The molecule has 0 aromatic carbocycles. The zero-order valence-electron chi connectivity index (χ0n) is 11.0. The van der Waals surface area contributed by atoms with Crippen LogP contribution < -0.4 is 15.4 Å². The number of nitriles is 1. The van der Waals surface area contributed by atoms with E-state index in [2.05, 4.69) is 20.6 Å². The largest absolute Gasteiger partial charge is 0.481 e. The summed E-state index contributed by atoms with van der Waals surface area (Å²) >= 11 is 1.73. The van der Waals surface area contributed by atoms with Crippen LogP contribution in [0.3, 0.4) is 0 Å². The average Bonchev–Trinajstić information content (AvgIpc) is 2.46. The SMILES string of the molecule is CN/C(=N/CCSCc1cccc(OC)n1)NC#N. The van der Waals surface area contributed by atoms with Gasteiger partial charge in [-0.25, -0.2) is 4.98 Å². The third-order valence-corrected chi connectivity index (χ3v) is 3.13. The molecule has 1 aromatic heterocycles. The zero-order valence-corrected chi connectivity index (χ0v) is 11.8. The monoisotopic (exact) mass is 279 g/mol. The minimum absolute atomic E-state index is 0.489. The summed E-state index contributed by atoms with van der Waals surface area (Å²) < 4.78 is 5.07. The number of thioether (sulfide) groups is 1. The number of pyridine rings is 1. The first-order valence-corrected chi connectivity index (χ1v) is 6.90. The summed E-state index contributed by atoms with van der Waals surface area (Å²) in [6, 6.07) is 5.72. The highest BCUT2D eigenvalue weighted by molar-refractivity contribution is 7.98. The Kier molecular flexibility index (Phi) is 7.20. The Hall–Kier alpha value is -1.94. The average molecular weight is 279 g/mol. The second-order valence-electron chi connectivity index (χ2n) is 3.44. The summed E-state index contributed by atoms with van der Waals surface area (Å²) in [5.74, 6) is 2.79. The van der Waals surface area contributed by atoms with Crippen LogP contribution in [0.25, 0.3) is 0 Å². The van der Waals surface area contributed by atoms with Gasteiger partial charge < -0.3 is 10.1 Å². The fourth-order valence-corrected chi connectivity index (χ4v) is 2.02. The Morgan fingerprint density at radius 1 is 1.58 bits per heavy atom. The molecule has 1 aromatic rings. The molecule has 2 N–H and O–H groups in total. The fraction of sp³-hybridized carbons (Fsp3) is 0.417. The second-order valence-corrected chi connectivity index (χ2v) is 4.55. The molecule has 102 valence electrons. The molecule has 1 heterocycles. The highest BCUT2D eigenvalue weighted by Crippen LogP contribution is 2.13. The van der Waals surface area contributed by atoms with Crippen molar-refractivity contribution in [1.82, 2.24) is 15.6 Å². The van der Waals surface area contributed by atoms with Gasteiger partial charge in [0.15, 0.2) is 6.19 Å². The van der Waals surface area contributed by atoms with E-state index in [1.807, 2.05) is 24.4 Å². The number of rotatable bonds is 6. The van der Waals surface area contributed by atoms with Gasteiger partial charge in [0.25, 0.3) is 0 Å². The van der Waals surface area contributed by atoms with Crippen molar-refractivity contribution >= 4 is 17.7 Å². The van der Waals surface area contributed by atoms with Crippen molar-refractivity contribution < 1.29 is 4.74 Å². The smallest absolute Gasteiger partial charge is 0.213 e. The first-order valence-electron chi connectivity index (χ1n) is 5.75. The topological polar surface area (TPSA) is 82.3 Å². The third-order valence-electron chi connectivity index (χ3n) is 2.16. The molecule has 0 unspecified atom stereocenters. The van der Waals surface area contributed by atoms with E-state index < -0.39 is 0 Å². The maximum atomic E-state index is 8.46. The molecule has 0 aliphatic carbocycles. The minimum Gasteiger partial charge on any atom is -0.481 e. The molecule has 0 bridgehead atoms. The van der Waals surface area contributed by atoms with E-state index in [9.17, 15) is 0 Å². The summed E-state index contributed by atoms with van der Waals surface area (Å²) in [5, 5.41) is 13.7. The van der Waals surface area contributed by atoms with E-state index in [1.165, 1.54) is 0 Å². The van der Waals surface area contributed by atoms with Crippen LogP contribution in [0.1, 0.15) is 5.69 Å². The molecular weight excluding hydrogens is 262 g/mol. The zero-order chi connectivity index (χ0) is 13.9. The lowest BCUT2D eigenvalue weighted by molar-refractivity contribution is 0.397. The normalized spacial score (nSPS) is 10.7. The van der Waals surface area contributed by atoms with E-state index in [4.69, 9.17) is 10.00 Å². The molecule has 0 saturated heterocycles. The van der Waals surface area contributed by atoms with Crippen molar-refractivity contribution in [2.75, 3.05) is 26.5 Å². The Labute approximate surface area is 117 Å². The van der Waals surface area contributed by atoms with Crippen LogP contribution in [-0.4, -0.2) is 37.4 Å². The summed E-state index contributed by atoms with van der Waals surface area (Å²) in [4.78, 5) is 8.53. The molecule has 0 fully saturated rings. The van der Waals surface area contributed by atoms with Gasteiger partial charge in [-0.2, -0.15) is 17.0 Å². The van der Waals surface area contributed by atoms with Crippen LogP contribution >= 0.6 is 11.8 Å². The molecule has 0 aliphatic heterocycles. The Balaban J connectivity index is 2.29. The molecular formula is C12H17N5OS. The van der Waals surface area contributed by atoms with Crippen LogP contribution in [0.5, 0.6) is 5.88 Å². The number of aliphatic imine (C=N–C) groups is 1. The van der Waals surface area contributed by atoms with E-state index in [1.54, 1.807) is 25.9 Å². The molecule has 0 saturated carbocycles. The quantitative estimate of drug-likeness (QED) is 0.265. The number of guanidine groups is 1. The highest BCUT2D eigenvalue weighted by Gasteiger charge is 1.98. The van der Waals surface area contributed by atoms with Gasteiger partial charge in [-0.05, 0) is 6.07 Å². The first-order chi connectivity index (χ1) is 9.30. The van der Waals surface area contributed by atoms with Crippen LogP contribution in [0.2, 0.25) is 0 Å². The summed E-state index contributed by atoms with van der Waals surface area (Å²) in [7, 11) is 3.33. The van der Waals surface area contributed by atoms with Crippen LogP contribution in [0.4, 0.5) is 0 Å². The van der Waals surface area contributed by atoms with Crippen molar-refractivity contribution in [1.29, 1.82) is 5.26 Å². The van der Waals surface area contributed by atoms with Crippen molar-refractivity contribution in [3.63, 3.8) is 0 Å². The van der Waals surface area contributed by atoms with Gasteiger partial charge in [0.05, 0.1) is 19.3 Å². The lowest BCUT2D eigenvalue weighted by atomic mass is 10.4. The van der Waals surface area contributed by atoms with Gasteiger partial charge in [-0.3, -0.25) is 10.3 Å². The fourth-order valence-electron chi connectivity index (χ4n) is 1.28. The van der Waals surface area contributed by atoms with Crippen molar-refractivity contribution in [2.24, 2.45) is 4.99 Å². The van der Waals surface area contributed by atoms with Crippen molar-refractivity contribution in [3.05, 3.63) is 23.9 Å². The molecule has 6 nitrogen and oxygen atoms in total. The minimum atomic E-state index is 0.489. The Bertz CT molecular complexity index is 458. The lowest BCUT2D eigenvalue weighted by Crippen LogP contribution is -2.31. The summed E-state index contributed by atoms with van der Waals surface area (Å²) in [6.45, 7) is 0.638. The van der Waals surface area contributed by atoms with Crippen LogP contribution in [0, 0.1) is 11.5 Å². The van der Waals surface area contributed by atoms with E-state index >= 15 is 0 Å². The van der Waals surface area contributed by atoms with Gasteiger partial charge in [-0.1, -0.05) is 6.07 Å². The molecule has 7 heteroatoms. The molecule has 0 spiro atoms. The van der Waals surface area contributed by atoms with Crippen molar-refractivity contribution in [2.45, 2.75) is 5.75 Å². The number of ether oxygens (including phenoxy) is 1. The molecule has 0 atom stereocenters. The molecule has 0 aliphatic rings. The number of methoxy groups -OCH3 is 1. The predicted molar refractivity (Wildman–Crippen MR) is 77.1 cm³/mol. The second kappa shape index (κ2) is 9.05. The van der Waals surface area contributed by atoms with Gasteiger partial charge in [0.2, 0.25) is 11.8 Å². The number of nitrogens with zero attached hydrogens (tertiary/aromatic N) is 3. The van der Waals surface area contributed by atoms with Gasteiger partial charge in [-0.15, -0.1) is 0 Å². The maximum absolute atomic E-state index is 8.46. The summed E-state index contributed by atoms with van der Waals surface area (Å²) in [5.41, 5.74) is 0.984. The lowest BCUT2D eigenvalue weighted by Gasteiger charge is -2.04. The summed E-state index contributed by atoms with van der Waals surface area (Å²) in [6.07, 6.45) is 1.82. The number of aromatic nitrogens is 1. The highest BCUT2D eigenvalue weighted by atomic mass is 32.2. The predicted octanol–water partition coefficient (Wildman–Crippen LogP) is 0.969. The molecule has 0 amide bonds. The van der Waals surface area contributed by atoms with Crippen molar-refractivity contribution in [3.8, 4) is 12.1 Å². The molecule has 1 rings (SSSR count). The number of nitrogens with one attached hydrogen (secondary N) is 2. The van der Waals surface area contributed by atoms with E-state index in [0.29, 0.717) is 18.4 Å². The Morgan fingerprint density at radius 2 is 2.42 bits per heavy atom. The first kappa shape index (κ1) is 15.1. The maximum Gasteiger partial charge on any atom is 0.213 e. The number of hydrogen-bond donors (Lipinski definition) is 2. The molecule has 19 heavy (non-hydrogen) atoms. The van der Waals surface area contributed by atoms with Gasteiger partial charge in [0, 0.05) is 24.6 Å².